The van der Waals surface area contributed by atoms with Gasteiger partial charge in [-0.25, -0.2) is 4.79 Å². The Labute approximate surface area is 164 Å². The Morgan fingerprint density at radius 2 is 1.39 bits per heavy atom. The molecule has 3 rings (SSSR count). The molecule has 0 aromatic heterocycles. The fourth-order valence-corrected chi connectivity index (χ4v) is 2.70. The minimum atomic E-state index is -0.578. The van der Waals surface area contributed by atoms with Crippen molar-refractivity contribution in [3.05, 3.63) is 102 Å². The van der Waals surface area contributed by atoms with Crippen LogP contribution in [0.25, 0.3) is 17.2 Å². The van der Waals surface area contributed by atoms with Gasteiger partial charge in [-0.2, -0.15) is 0 Å². The minimum Gasteiger partial charge on any atom is -0.456 e. The van der Waals surface area contributed by atoms with Crippen molar-refractivity contribution in [3.8, 4) is 11.1 Å². The van der Waals surface area contributed by atoms with E-state index in [1.54, 1.807) is 6.08 Å². The maximum absolute atomic E-state index is 12.4. The topological polar surface area (TPSA) is 55.4 Å². The molecule has 0 aliphatic carbocycles. The molecule has 0 bridgehead atoms. The Bertz CT molecular complexity index is 962. The zero-order valence-electron chi connectivity index (χ0n) is 15.6. The zero-order valence-corrected chi connectivity index (χ0v) is 15.6. The number of ether oxygens (including phenoxy) is 1. The first-order chi connectivity index (χ1) is 13.6. The number of amides is 1. The summed E-state index contributed by atoms with van der Waals surface area (Å²) < 4.78 is 5.39. The van der Waals surface area contributed by atoms with E-state index in [0.29, 0.717) is 0 Å². The lowest BCUT2D eigenvalue weighted by Crippen LogP contribution is -2.26. The average Bonchev–Trinajstić information content (AvgIpc) is 2.73. The lowest BCUT2D eigenvalue weighted by molar-refractivity contribution is -0.141. The van der Waals surface area contributed by atoms with Gasteiger partial charge in [-0.1, -0.05) is 84.9 Å². The molecule has 0 unspecified atom stereocenters. The SMILES string of the molecule is CC(=O)N/C(=C\c1ccccc1)C(=O)OCc1ccc(-c2ccccc2)cc1. The summed E-state index contributed by atoms with van der Waals surface area (Å²) in [5.41, 5.74) is 4.01. The summed E-state index contributed by atoms with van der Waals surface area (Å²) in [6.45, 7) is 1.48. The third-order valence-electron chi connectivity index (χ3n) is 4.07. The van der Waals surface area contributed by atoms with Gasteiger partial charge in [-0.3, -0.25) is 4.79 Å². The van der Waals surface area contributed by atoms with Gasteiger partial charge in [0.25, 0.3) is 0 Å². The Hall–Kier alpha value is -3.66. The molecule has 1 N–H and O–H groups in total. The fraction of sp³-hybridized carbons (Fsp3) is 0.0833. The van der Waals surface area contributed by atoms with Gasteiger partial charge in [0.05, 0.1) is 0 Å². The van der Waals surface area contributed by atoms with Gasteiger partial charge >= 0.3 is 5.97 Å². The van der Waals surface area contributed by atoms with Crippen LogP contribution in [0.1, 0.15) is 18.1 Å². The minimum absolute atomic E-state index is 0.111. The van der Waals surface area contributed by atoms with Crippen molar-refractivity contribution in [2.45, 2.75) is 13.5 Å². The van der Waals surface area contributed by atoms with Gasteiger partial charge in [0.2, 0.25) is 5.91 Å². The molecule has 28 heavy (non-hydrogen) atoms. The summed E-state index contributed by atoms with van der Waals surface area (Å²) in [5, 5.41) is 2.54. The number of carbonyl (C=O) groups excluding carboxylic acids is 2. The Morgan fingerprint density at radius 3 is 2.00 bits per heavy atom. The van der Waals surface area contributed by atoms with Gasteiger partial charge in [0, 0.05) is 6.92 Å². The lowest BCUT2D eigenvalue weighted by Gasteiger charge is -2.10. The molecule has 0 aliphatic heterocycles. The molecule has 0 saturated carbocycles. The third-order valence-corrected chi connectivity index (χ3v) is 4.07. The van der Waals surface area contributed by atoms with E-state index in [4.69, 9.17) is 4.74 Å². The number of rotatable bonds is 6. The predicted octanol–water partition coefficient (Wildman–Crippen LogP) is 4.57. The monoisotopic (exact) mass is 371 g/mol. The molecule has 1 amide bonds. The van der Waals surface area contributed by atoms with E-state index in [1.165, 1.54) is 6.92 Å². The van der Waals surface area contributed by atoms with Crippen LogP contribution in [0.4, 0.5) is 0 Å². The maximum atomic E-state index is 12.4. The lowest BCUT2D eigenvalue weighted by atomic mass is 10.0. The molecule has 3 aromatic rings. The van der Waals surface area contributed by atoms with Crippen LogP contribution in [0.2, 0.25) is 0 Å². The first-order valence-electron chi connectivity index (χ1n) is 8.97. The average molecular weight is 371 g/mol. The van der Waals surface area contributed by atoms with Crippen molar-refractivity contribution in [2.24, 2.45) is 0 Å². The molecule has 0 heterocycles. The number of hydrogen-bond acceptors (Lipinski definition) is 3. The highest BCUT2D eigenvalue weighted by Crippen LogP contribution is 2.19. The van der Waals surface area contributed by atoms with E-state index in [-0.39, 0.29) is 18.2 Å². The van der Waals surface area contributed by atoms with Crippen LogP contribution in [0.3, 0.4) is 0 Å². The predicted molar refractivity (Wildman–Crippen MR) is 110 cm³/mol. The van der Waals surface area contributed by atoms with Crippen molar-refractivity contribution >= 4 is 18.0 Å². The molecule has 4 nitrogen and oxygen atoms in total. The van der Waals surface area contributed by atoms with Gasteiger partial charge in [-0.05, 0) is 28.3 Å². The molecule has 0 atom stereocenters. The van der Waals surface area contributed by atoms with Crippen LogP contribution in [-0.2, 0) is 20.9 Å². The van der Waals surface area contributed by atoms with Crippen LogP contribution >= 0.6 is 0 Å². The van der Waals surface area contributed by atoms with E-state index in [0.717, 1.165) is 22.3 Å². The highest BCUT2D eigenvalue weighted by atomic mass is 16.5. The number of carbonyl (C=O) groups is 2. The van der Waals surface area contributed by atoms with Crippen molar-refractivity contribution in [1.29, 1.82) is 0 Å². The Morgan fingerprint density at radius 1 is 0.821 bits per heavy atom. The van der Waals surface area contributed by atoms with Gasteiger partial charge in [0.1, 0.15) is 12.3 Å². The first kappa shape index (κ1) is 19.1. The van der Waals surface area contributed by atoms with Crippen LogP contribution in [-0.4, -0.2) is 11.9 Å². The van der Waals surface area contributed by atoms with Crippen LogP contribution in [0.5, 0.6) is 0 Å². The second kappa shape index (κ2) is 9.33. The standard InChI is InChI=1S/C24H21NO3/c1-18(26)25-23(16-19-8-4-2-5-9-19)24(27)28-17-20-12-14-22(15-13-20)21-10-6-3-7-11-21/h2-16H,17H2,1H3,(H,25,26)/b23-16-. The molecule has 3 aromatic carbocycles. The van der Waals surface area contributed by atoms with Crippen molar-refractivity contribution in [1.82, 2.24) is 5.32 Å². The van der Waals surface area contributed by atoms with Crippen molar-refractivity contribution in [3.63, 3.8) is 0 Å². The van der Waals surface area contributed by atoms with Gasteiger partial charge < -0.3 is 10.1 Å². The molecule has 0 radical (unpaired) electrons. The third kappa shape index (κ3) is 5.42. The van der Waals surface area contributed by atoms with Crippen molar-refractivity contribution in [2.75, 3.05) is 0 Å². The second-order valence-corrected chi connectivity index (χ2v) is 6.29. The summed E-state index contributed by atoms with van der Waals surface area (Å²) in [7, 11) is 0. The summed E-state index contributed by atoms with van der Waals surface area (Å²) in [6, 6.07) is 27.2. The summed E-state index contributed by atoms with van der Waals surface area (Å²) in [6.07, 6.45) is 1.60. The normalized spacial score (nSPS) is 11.0. The number of esters is 1. The van der Waals surface area contributed by atoms with Crippen LogP contribution < -0.4 is 5.32 Å². The maximum Gasteiger partial charge on any atom is 0.355 e. The second-order valence-electron chi connectivity index (χ2n) is 6.29. The molecular formula is C24H21NO3. The van der Waals surface area contributed by atoms with E-state index in [2.05, 4.69) is 5.32 Å². The molecular weight excluding hydrogens is 350 g/mol. The summed E-state index contributed by atoms with van der Waals surface area (Å²) >= 11 is 0. The number of benzene rings is 3. The molecule has 140 valence electrons. The van der Waals surface area contributed by atoms with E-state index in [1.807, 2.05) is 84.9 Å². The fourth-order valence-electron chi connectivity index (χ4n) is 2.70. The van der Waals surface area contributed by atoms with Gasteiger partial charge in [-0.15, -0.1) is 0 Å². The molecule has 4 heteroatoms. The summed E-state index contributed by atoms with van der Waals surface area (Å²) in [5.74, 6) is -0.905. The van der Waals surface area contributed by atoms with Gasteiger partial charge in [0.15, 0.2) is 0 Å². The van der Waals surface area contributed by atoms with E-state index in [9.17, 15) is 9.59 Å². The summed E-state index contributed by atoms with van der Waals surface area (Å²) in [4.78, 5) is 23.9. The molecule has 0 saturated heterocycles. The largest absolute Gasteiger partial charge is 0.456 e. The Kier molecular flexibility index (Phi) is 6.37. The highest BCUT2D eigenvalue weighted by molar-refractivity contribution is 5.97. The molecule has 0 aliphatic rings. The molecule has 0 fully saturated rings. The first-order valence-corrected chi connectivity index (χ1v) is 8.97. The molecule has 0 spiro atoms. The number of hydrogen-bond donors (Lipinski definition) is 1. The van der Waals surface area contributed by atoms with E-state index < -0.39 is 5.97 Å². The quantitative estimate of drug-likeness (QED) is 0.510. The Balaban J connectivity index is 1.67. The highest BCUT2D eigenvalue weighted by Gasteiger charge is 2.13. The van der Waals surface area contributed by atoms with E-state index >= 15 is 0 Å². The van der Waals surface area contributed by atoms with Crippen LogP contribution in [0.15, 0.2) is 90.6 Å². The smallest absolute Gasteiger partial charge is 0.355 e. The number of nitrogens with one attached hydrogen (secondary N) is 1. The zero-order chi connectivity index (χ0) is 19.8. The van der Waals surface area contributed by atoms with Crippen molar-refractivity contribution < 1.29 is 14.3 Å². The van der Waals surface area contributed by atoms with Crippen LogP contribution in [0, 0.1) is 0 Å².